The van der Waals surface area contributed by atoms with Crippen molar-refractivity contribution >= 4 is 17.3 Å². The van der Waals surface area contributed by atoms with Crippen molar-refractivity contribution in [3.05, 3.63) is 23.8 Å². The number of hydrogen-bond acceptors (Lipinski definition) is 3. The van der Waals surface area contributed by atoms with E-state index in [0.717, 1.165) is 37.1 Å². The van der Waals surface area contributed by atoms with E-state index in [1.165, 1.54) is 0 Å². The van der Waals surface area contributed by atoms with Gasteiger partial charge in [-0.05, 0) is 43.5 Å². The molecule has 1 rings (SSSR count). The summed E-state index contributed by atoms with van der Waals surface area (Å²) in [6.45, 7) is 5.49. The minimum Gasteiger partial charge on any atom is -0.399 e. The Morgan fingerprint density at radius 3 is 2.74 bits per heavy atom. The highest BCUT2D eigenvalue weighted by atomic mass is 16.5. The summed E-state index contributed by atoms with van der Waals surface area (Å²) >= 11 is 0. The molecule has 0 unspecified atom stereocenters. The van der Waals surface area contributed by atoms with Gasteiger partial charge in [-0.15, -0.1) is 0 Å². The van der Waals surface area contributed by atoms with Gasteiger partial charge in [0.05, 0.1) is 0 Å². The van der Waals surface area contributed by atoms with E-state index in [2.05, 4.69) is 12.2 Å². The minimum absolute atomic E-state index is 0.0203. The van der Waals surface area contributed by atoms with Crippen molar-refractivity contribution < 1.29 is 9.53 Å². The average Bonchev–Trinajstić information content (AvgIpc) is 2.37. The molecule has 4 nitrogen and oxygen atoms in total. The molecule has 0 heterocycles. The van der Waals surface area contributed by atoms with Gasteiger partial charge < -0.3 is 15.8 Å². The number of nitrogen functional groups attached to an aromatic ring is 1. The Kier molecular flexibility index (Phi) is 6.97. The number of rotatable bonds is 8. The molecule has 3 N–H and O–H groups in total. The van der Waals surface area contributed by atoms with E-state index in [0.29, 0.717) is 18.7 Å². The summed E-state index contributed by atoms with van der Waals surface area (Å²) in [5.74, 6) is 0.0203. The topological polar surface area (TPSA) is 64.3 Å². The predicted octanol–water partition coefficient (Wildman–Crippen LogP) is 3.11. The van der Waals surface area contributed by atoms with Gasteiger partial charge in [0, 0.05) is 31.0 Å². The fourth-order valence-corrected chi connectivity index (χ4v) is 1.72. The summed E-state index contributed by atoms with van der Waals surface area (Å²) in [7, 11) is 0. The van der Waals surface area contributed by atoms with Crippen molar-refractivity contribution in [1.82, 2.24) is 0 Å². The van der Waals surface area contributed by atoms with E-state index < -0.39 is 0 Å². The zero-order valence-electron chi connectivity index (χ0n) is 11.9. The van der Waals surface area contributed by atoms with Crippen LogP contribution in [0.3, 0.4) is 0 Å². The van der Waals surface area contributed by atoms with Gasteiger partial charge in [0.1, 0.15) is 0 Å². The van der Waals surface area contributed by atoms with Gasteiger partial charge in [-0.2, -0.15) is 0 Å². The molecule has 0 aliphatic heterocycles. The number of nitrogens with two attached hydrogens (primary N) is 1. The zero-order chi connectivity index (χ0) is 14.1. The molecule has 0 saturated heterocycles. The second-order valence-corrected chi connectivity index (χ2v) is 4.69. The fraction of sp³-hybridized carbons (Fsp3) is 0.533. The number of unbranched alkanes of at least 4 members (excludes halogenated alkanes) is 1. The van der Waals surface area contributed by atoms with Crippen molar-refractivity contribution in [2.45, 2.75) is 39.5 Å². The van der Waals surface area contributed by atoms with E-state index in [9.17, 15) is 4.79 Å². The number of anilines is 2. The maximum absolute atomic E-state index is 11.7. The molecule has 0 aliphatic carbocycles. The molecule has 0 saturated carbocycles. The number of ether oxygens (including phenoxy) is 1. The van der Waals surface area contributed by atoms with Crippen LogP contribution in [0.2, 0.25) is 0 Å². The van der Waals surface area contributed by atoms with Crippen LogP contribution >= 0.6 is 0 Å². The third-order valence-electron chi connectivity index (χ3n) is 2.86. The lowest BCUT2D eigenvalue weighted by atomic mass is 10.1. The minimum atomic E-state index is 0.0203. The summed E-state index contributed by atoms with van der Waals surface area (Å²) in [5.41, 5.74) is 8.18. The van der Waals surface area contributed by atoms with Crippen LogP contribution in [-0.2, 0) is 9.53 Å². The molecule has 4 heteroatoms. The zero-order valence-corrected chi connectivity index (χ0v) is 11.9. The molecule has 1 aromatic carbocycles. The Morgan fingerprint density at radius 1 is 1.32 bits per heavy atom. The van der Waals surface area contributed by atoms with Crippen molar-refractivity contribution in [1.29, 1.82) is 0 Å². The first-order valence-corrected chi connectivity index (χ1v) is 6.87. The third-order valence-corrected chi connectivity index (χ3v) is 2.86. The van der Waals surface area contributed by atoms with Crippen LogP contribution in [0.1, 0.15) is 38.2 Å². The normalized spacial score (nSPS) is 10.4. The number of carbonyl (C=O) groups excluding carboxylic acids is 1. The first-order chi connectivity index (χ1) is 9.13. The molecule has 0 aliphatic rings. The van der Waals surface area contributed by atoms with Gasteiger partial charge in [0.25, 0.3) is 0 Å². The number of aryl methyl sites for hydroxylation is 1. The second kappa shape index (κ2) is 8.53. The highest BCUT2D eigenvalue weighted by molar-refractivity contribution is 5.91. The lowest BCUT2D eigenvalue weighted by molar-refractivity contribution is -0.116. The van der Waals surface area contributed by atoms with Crippen LogP contribution in [0.15, 0.2) is 18.2 Å². The number of nitrogens with one attached hydrogen (secondary N) is 1. The van der Waals surface area contributed by atoms with E-state index >= 15 is 0 Å². The van der Waals surface area contributed by atoms with Crippen LogP contribution in [-0.4, -0.2) is 19.1 Å². The number of hydrogen-bond donors (Lipinski definition) is 2. The Morgan fingerprint density at radius 2 is 2.05 bits per heavy atom. The first-order valence-electron chi connectivity index (χ1n) is 6.87. The Labute approximate surface area is 115 Å². The third kappa shape index (κ3) is 6.25. The van der Waals surface area contributed by atoms with Crippen LogP contribution in [0, 0.1) is 6.92 Å². The molecule has 1 aromatic rings. The molecule has 0 atom stereocenters. The van der Waals surface area contributed by atoms with Crippen molar-refractivity contribution in [3.8, 4) is 0 Å². The maximum Gasteiger partial charge on any atom is 0.224 e. The van der Waals surface area contributed by atoms with Crippen molar-refractivity contribution in [3.63, 3.8) is 0 Å². The van der Waals surface area contributed by atoms with E-state index in [4.69, 9.17) is 10.5 Å². The maximum atomic E-state index is 11.7. The van der Waals surface area contributed by atoms with Crippen LogP contribution in [0.25, 0.3) is 0 Å². The number of amides is 1. The quantitative estimate of drug-likeness (QED) is 0.560. The lowest BCUT2D eigenvalue weighted by Crippen LogP contribution is -2.13. The van der Waals surface area contributed by atoms with E-state index in [1.807, 2.05) is 19.1 Å². The van der Waals surface area contributed by atoms with Crippen LogP contribution < -0.4 is 11.1 Å². The van der Waals surface area contributed by atoms with Crippen LogP contribution in [0.5, 0.6) is 0 Å². The van der Waals surface area contributed by atoms with Gasteiger partial charge in [-0.1, -0.05) is 13.3 Å². The number of benzene rings is 1. The molecule has 1 amide bonds. The summed E-state index contributed by atoms with van der Waals surface area (Å²) in [6, 6.07) is 5.47. The van der Waals surface area contributed by atoms with Gasteiger partial charge in [0.2, 0.25) is 5.91 Å². The van der Waals surface area contributed by atoms with Gasteiger partial charge in [-0.3, -0.25) is 4.79 Å². The van der Waals surface area contributed by atoms with Crippen molar-refractivity contribution in [2.75, 3.05) is 24.3 Å². The smallest absolute Gasteiger partial charge is 0.224 e. The molecule has 0 radical (unpaired) electrons. The Hall–Kier alpha value is -1.55. The highest BCUT2D eigenvalue weighted by Gasteiger charge is 2.04. The Balaban J connectivity index is 2.23. The highest BCUT2D eigenvalue weighted by Crippen LogP contribution is 2.17. The van der Waals surface area contributed by atoms with E-state index in [-0.39, 0.29) is 5.91 Å². The SMILES string of the molecule is CCCCOCCCC(=O)Nc1ccc(N)cc1C. The number of carbonyl (C=O) groups is 1. The molecule has 0 bridgehead atoms. The predicted molar refractivity (Wildman–Crippen MR) is 79.2 cm³/mol. The summed E-state index contributed by atoms with van der Waals surface area (Å²) in [6.07, 6.45) is 3.45. The molecular formula is C15H24N2O2. The molecule has 0 spiro atoms. The fourth-order valence-electron chi connectivity index (χ4n) is 1.72. The summed E-state index contributed by atoms with van der Waals surface area (Å²) < 4.78 is 5.42. The lowest BCUT2D eigenvalue weighted by Gasteiger charge is -2.09. The monoisotopic (exact) mass is 264 g/mol. The molecule has 106 valence electrons. The first kappa shape index (κ1) is 15.5. The summed E-state index contributed by atoms with van der Waals surface area (Å²) in [5, 5.41) is 2.89. The van der Waals surface area contributed by atoms with Crippen LogP contribution in [0.4, 0.5) is 11.4 Å². The second-order valence-electron chi connectivity index (χ2n) is 4.69. The average molecular weight is 264 g/mol. The van der Waals surface area contributed by atoms with E-state index in [1.54, 1.807) is 6.07 Å². The summed E-state index contributed by atoms with van der Waals surface area (Å²) in [4.78, 5) is 11.7. The molecule has 0 aromatic heterocycles. The molecular weight excluding hydrogens is 240 g/mol. The van der Waals surface area contributed by atoms with Gasteiger partial charge >= 0.3 is 0 Å². The van der Waals surface area contributed by atoms with Gasteiger partial charge in [0.15, 0.2) is 0 Å². The van der Waals surface area contributed by atoms with Crippen molar-refractivity contribution in [2.24, 2.45) is 0 Å². The largest absolute Gasteiger partial charge is 0.399 e. The molecule has 0 fully saturated rings. The van der Waals surface area contributed by atoms with Gasteiger partial charge in [-0.25, -0.2) is 0 Å². The Bertz CT molecular complexity index is 405. The standard InChI is InChI=1S/C15H24N2O2/c1-3-4-9-19-10-5-6-15(18)17-14-8-7-13(16)11-12(14)2/h7-8,11H,3-6,9-10,16H2,1-2H3,(H,17,18). The molecule has 19 heavy (non-hydrogen) atoms.